The van der Waals surface area contributed by atoms with Crippen LogP contribution in [0.3, 0.4) is 0 Å². The predicted octanol–water partition coefficient (Wildman–Crippen LogP) is 3.98. The second-order valence-electron chi connectivity index (χ2n) is 6.12. The third kappa shape index (κ3) is 3.13. The molecule has 2 atom stereocenters. The normalized spacial score (nSPS) is 19.2. The first-order valence-corrected chi connectivity index (χ1v) is 10.2. The van der Waals surface area contributed by atoms with Gasteiger partial charge in [-0.1, -0.05) is 0 Å². The summed E-state index contributed by atoms with van der Waals surface area (Å²) in [6.45, 7) is 2.09. The molecular weight excluding hydrogens is 375 g/mol. The first-order chi connectivity index (χ1) is 12.2. The summed E-state index contributed by atoms with van der Waals surface area (Å²) in [7, 11) is 0. The Hall–Kier alpha value is -2.35. The van der Waals surface area contributed by atoms with Crippen LogP contribution in [0, 0.1) is 6.92 Å². The Balaban J connectivity index is 1.84. The monoisotopic (exact) mass is 394 g/mol. The molecule has 0 spiro atoms. The molecule has 3 heteroatoms. The van der Waals surface area contributed by atoms with Crippen LogP contribution < -0.4 is 4.46 Å². The summed E-state index contributed by atoms with van der Waals surface area (Å²) in [6.07, 6.45) is -0.234. The maximum absolute atomic E-state index is 12.6. The summed E-state index contributed by atoms with van der Waals surface area (Å²) in [5.74, 6) is -0.215. The van der Waals surface area contributed by atoms with E-state index in [2.05, 4.69) is 49.4 Å². The Kier molecular flexibility index (Phi) is 4.44. The van der Waals surface area contributed by atoms with Gasteiger partial charge >= 0.3 is 154 Å². The second-order valence-corrected chi connectivity index (χ2v) is 8.67. The third-order valence-corrected chi connectivity index (χ3v) is 7.16. The zero-order valence-electron chi connectivity index (χ0n) is 13.9. The standard InChI is InChI=1S/C22H18O2Se/c1-15-9-8-14-18-19(15)21(25-17-12-6-3-7-13-17)20(24-22(18)23)16-10-4-2-5-11-16/h2-14,20-21H,1H3/t20-,21+/m1/s1. The molecule has 0 bridgehead atoms. The van der Waals surface area contributed by atoms with Gasteiger partial charge < -0.3 is 0 Å². The van der Waals surface area contributed by atoms with E-state index in [4.69, 9.17) is 4.74 Å². The number of benzene rings is 3. The number of carbonyl (C=O) groups excluding carboxylic acids is 1. The van der Waals surface area contributed by atoms with E-state index in [1.54, 1.807) is 0 Å². The Morgan fingerprint density at radius 1 is 0.840 bits per heavy atom. The van der Waals surface area contributed by atoms with Crippen molar-refractivity contribution < 1.29 is 9.53 Å². The second kappa shape index (κ2) is 6.87. The Morgan fingerprint density at radius 2 is 1.52 bits per heavy atom. The summed E-state index contributed by atoms with van der Waals surface area (Å²) in [4.78, 5) is 12.8. The fraction of sp³-hybridized carbons (Fsp3) is 0.136. The molecule has 3 aromatic rings. The van der Waals surface area contributed by atoms with Crippen LogP contribution in [0.15, 0.2) is 78.9 Å². The molecule has 0 fully saturated rings. The summed E-state index contributed by atoms with van der Waals surface area (Å²) in [6, 6.07) is 26.5. The molecule has 2 nitrogen and oxygen atoms in total. The first kappa shape index (κ1) is 16.1. The average molecular weight is 393 g/mol. The van der Waals surface area contributed by atoms with Crippen LogP contribution in [0.2, 0.25) is 0 Å². The van der Waals surface area contributed by atoms with Gasteiger partial charge in [0.15, 0.2) is 0 Å². The van der Waals surface area contributed by atoms with E-state index in [0.717, 1.165) is 22.3 Å². The number of cyclic esters (lactones) is 1. The minimum atomic E-state index is -0.234. The molecule has 0 radical (unpaired) electrons. The van der Waals surface area contributed by atoms with Crippen LogP contribution in [-0.2, 0) is 4.74 Å². The third-order valence-electron chi connectivity index (χ3n) is 4.47. The van der Waals surface area contributed by atoms with Gasteiger partial charge in [-0.25, -0.2) is 0 Å². The average Bonchev–Trinajstić information content (AvgIpc) is 2.65. The number of ether oxygens (including phenoxy) is 1. The number of hydrogen-bond acceptors (Lipinski definition) is 2. The molecule has 1 heterocycles. The molecule has 0 saturated heterocycles. The summed E-state index contributed by atoms with van der Waals surface area (Å²) >= 11 is 0.156. The quantitative estimate of drug-likeness (QED) is 0.497. The van der Waals surface area contributed by atoms with Crippen molar-refractivity contribution in [2.45, 2.75) is 17.8 Å². The number of aryl methyl sites for hydroxylation is 1. The van der Waals surface area contributed by atoms with Gasteiger partial charge in [0.2, 0.25) is 0 Å². The van der Waals surface area contributed by atoms with E-state index >= 15 is 0 Å². The van der Waals surface area contributed by atoms with E-state index in [-0.39, 0.29) is 31.8 Å². The molecule has 4 rings (SSSR count). The Bertz CT molecular complexity index is 890. The van der Waals surface area contributed by atoms with Crippen molar-refractivity contribution in [2.24, 2.45) is 0 Å². The van der Waals surface area contributed by atoms with Crippen molar-refractivity contribution in [3.8, 4) is 0 Å². The number of carbonyl (C=O) groups is 1. The van der Waals surface area contributed by atoms with Crippen LogP contribution in [0.5, 0.6) is 0 Å². The first-order valence-electron chi connectivity index (χ1n) is 8.31. The van der Waals surface area contributed by atoms with Crippen molar-refractivity contribution in [3.63, 3.8) is 0 Å². The summed E-state index contributed by atoms with van der Waals surface area (Å²) < 4.78 is 7.23. The summed E-state index contributed by atoms with van der Waals surface area (Å²) in [5, 5.41) is 0. The van der Waals surface area contributed by atoms with Crippen LogP contribution in [0.1, 0.15) is 38.0 Å². The number of esters is 1. The van der Waals surface area contributed by atoms with E-state index < -0.39 is 0 Å². The number of fused-ring (bicyclic) bond motifs is 1. The van der Waals surface area contributed by atoms with E-state index in [0.29, 0.717) is 0 Å². The molecule has 1 aliphatic rings. The van der Waals surface area contributed by atoms with Crippen molar-refractivity contribution in [1.29, 1.82) is 0 Å². The number of rotatable bonds is 3. The van der Waals surface area contributed by atoms with Crippen LogP contribution >= 0.6 is 0 Å². The van der Waals surface area contributed by atoms with Crippen LogP contribution in [-0.4, -0.2) is 20.9 Å². The van der Waals surface area contributed by atoms with E-state index in [9.17, 15) is 4.79 Å². The van der Waals surface area contributed by atoms with Gasteiger partial charge in [0.05, 0.1) is 0 Å². The number of hydrogen-bond donors (Lipinski definition) is 0. The molecule has 0 amide bonds. The molecule has 0 saturated carbocycles. The molecule has 0 aliphatic carbocycles. The van der Waals surface area contributed by atoms with Crippen LogP contribution in [0.25, 0.3) is 0 Å². The minimum absolute atomic E-state index is 0.156. The van der Waals surface area contributed by atoms with E-state index in [1.807, 2.05) is 36.4 Å². The SMILES string of the molecule is Cc1cccc2c1[C@H]([Se]c1ccccc1)[C@@H](c1ccccc1)OC2=O. The molecule has 0 unspecified atom stereocenters. The molecule has 0 N–H and O–H groups in total. The van der Waals surface area contributed by atoms with Gasteiger partial charge in [-0.2, -0.15) is 0 Å². The zero-order valence-corrected chi connectivity index (χ0v) is 15.6. The van der Waals surface area contributed by atoms with Gasteiger partial charge in [0.1, 0.15) is 0 Å². The molecule has 0 aromatic heterocycles. The van der Waals surface area contributed by atoms with Gasteiger partial charge in [0.25, 0.3) is 0 Å². The molecule has 124 valence electrons. The molecule has 3 aromatic carbocycles. The predicted molar refractivity (Wildman–Crippen MR) is 100 cm³/mol. The van der Waals surface area contributed by atoms with Gasteiger partial charge in [-0.05, 0) is 0 Å². The van der Waals surface area contributed by atoms with Gasteiger partial charge in [0, 0.05) is 0 Å². The Morgan fingerprint density at radius 3 is 2.24 bits per heavy atom. The van der Waals surface area contributed by atoms with Crippen molar-refractivity contribution in [2.75, 3.05) is 0 Å². The van der Waals surface area contributed by atoms with Gasteiger partial charge in [-0.15, -0.1) is 0 Å². The molecular formula is C22H18O2Se. The maximum atomic E-state index is 12.6. The van der Waals surface area contributed by atoms with Gasteiger partial charge in [-0.3, -0.25) is 0 Å². The molecule has 1 aliphatic heterocycles. The van der Waals surface area contributed by atoms with Crippen molar-refractivity contribution >= 4 is 25.4 Å². The zero-order chi connectivity index (χ0) is 17.2. The fourth-order valence-corrected chi connectivity index (χ4v) is 6.16. The van der Waals surface area contributed by atoms with Crippen molar-refractivity contribution in [1.82, 2.24) is 0 Å². The van der Waals surface area contributed by atoms with Crippen LogP contribution in [0.4, 0.5) is 0 Å². The molecule has 25 heavy (non-hydrogen) atoms. The fourth-order valence-electron chi connectivity index (χ4n) is 3.28. The topological polar surface area (TPSA) is 26.3 Å². The van der Waals surface area contributed by atoms with E-state index in [1.165, 1.54) is 4.46 Å². The summed E-state index contributed by atoms with van der Waals surface area (Å²) in [5.41, 5.74) is 4.09. The Labute approximate surface area is 154 Å². The van der Waals surface area contributed by atoms with Crippen molar-refractivity contribution in [3.05, 3.63) is 101 Å².